The molecule has 2 N–H and O–H groups in total. The van der Waals surface area contributed by atoms with Crippen LogP contribution < -0.4 is 0 Å². The lowest BCUT2D eigenvalue weighted by Gasteiger charge is -2.27. The number of H-pyrrole nitrogens is 2. The van der Waals surface area contributed by atoms with Crippen LogP contribution >= 0.6 is 15.9 Å². The number of aromatic amines is 2. The van der Waals surface area contributed by atoms with E-state index in [1.54, 1.807) is 23.1 Å². The lowest BCUT2D eigenvalue weighted by molar-refractivity contribution is 0.0732. The third kappa shape index (κ3) is 4.08. The van der Waals surface area contributed by atoms with Gasteiger partial charge in [-0.15, -0.1) is 0 Å². The van der Waals surface area contributed by atoms with E-state index in [0.29, 0.717) is 42.7 Å². The van der Waals surface area contributed by atoms with Crippen LogP contribution in [0.5, 0.6) is 0 Å². The maximum atomic E-state index is 13.0. The van der Waals surface area contributed by atoms with Crippen molar-refractivity contribution < 1.29 is 9.59 Å². The number of hydrogen-bond donors (Lipinski definition) is 2. The largest absolute Gasteiger partial charge is 0.332 e. The molecule has 0 unspecified atom stereocenters. The molecule has 1 aliphatic rings. The Morgan fingerprint density at radius 1 is 1.03 bits per heavy atom. The standard InChI is InChI=1S/C23H21BrN6O2/c24-16-7-4-14(5-8-16)2-1-3-21(31)22-17-10-11-30(13-20(17)25-28-22)23(32)15-6-9-18-19(12-15)27-29-26-18/h4-9,12H,1-3,10-11,13H2,(H,25,28)(H,26,27,29). The first-order valence-electron chi connectivity index (χ1n) is 10.5. The lowest BCUT2D eigenvalue weighted by atomic mass is 9.99. The number of fused-ring (bicyclic) bond motifs is 2. The van der Waals surface area contributed by atoms with Crippen molar-refractivity contribution in [1.29, 1.82) is 0 Å². The fourth-order valence-corrected chi connectivity index (χ4v) is 4.36. The maximum absolute atomic E-state index is 13.0. The zero-order chi connectivity index (χ0) is 22.1. The molecule has 1 amide bonds. The van der Waals surface area contributed by atoms with Gasteiger partial charge in [-0.3, -0.25) is 14.7 Å². The van der Waals surface area contributed by atoms with Gasteiger partial charge in [-0.1, -0.05) is 28.1 Å². The van der Waals surface area contributed by atoms with Crippen molar-refractivity contribution in [2.45, 2.75) is 32.2 Å². The van der Waals surface area contributed by atoms with Crippen LogP contribution in [-0.2, 0) is 19.4 Å². The van der Waals surface area contributed by atoms with Crippen molar-refractivity contribution in [1.82, 2.24) is 30.5 Å². The van der Waals surface area contributed by atoms with Crippen LogP contribution in [0.15, 0.2) is 46.9 Å². The highest BCUT2D eigenvalue weighted by molar-refractivity contribution is 9.10. The van der Waals surface area contributed by atoms with Gasteiger partial charge in [-0.2, -0.15) is 20.5 Å². The molecule has 0 saturated heterocycles. The highest BCUT2D eigenvalue weighted by Gasteiger charge is 2.28. The van der Waals surface area contributed by atoms with Crippen molar-refractivity contribution in [2.75, 3.05) is 6.54 Å². The second-order valence-corrected chi connectivity index (χ2v) is 8.85. The van der Waals surface area contributed by atoms with Gasteiger partial charge in [0.15, 0.2) is 5.78 Å². The summed E-state index contributed by atoms with van der Waals surface area (Å²) in [7, 11) is 0. The molecule has 1 aliphatic heterocycles. The van der Waals surface area contributed by atoms with Gasteiger partial charge in [0.05, 0.1) is 12.2 Å². The Morgan fingerprint density at radius 2 is 1.84 bits per heavy atom. The van der Waals surface area contributed by atoms with Crippen LogP contribution in [0.25, 0.3) is 11.0 Å². The summed E-state index contributed by atoms with van der Waals surface area (Å²) in [6, 6.07) is 13.4. The molecule has 5 rings (SSSR count). The number of nitrogens with zero attached hydrogens (tertiary/aromatic N) is 4. The van der Waals surface area contributed by atoms with Crippen LogP contribution in [0.4, 0.5) is 0 Å². The number of carbonyl (C=O) groups excluding carboxylic acids is 2. The molecular weight excluding hydrogens is 472 g/mol. The van der Waals surface area contributed by atoms with Crippen LogP contribution in [0.3, 0.4) is 0 Å². The summed E-state index contributed by atoms with van der Waals surface area (Å²) in [6.07, 6.45) is 2.69. The minimum atomic E-state index is -0.0717. The number of rotatable bonds is 6. The van der Waals surface area contributed by atoms with E-state index in [9.17, 15) is 9.59 Å². The molecule has 0 saturated carbocycles. The summed E-state index contributed by atoms with van der Waals surface area (Å²) in [4.78, 5) is 27.5. The van der Waals surface area contributed by atoms with Gasteiger partial charge < -0.3 is 4.90 Å². The van der Waals surface area contributed by atoms with Crippen molar-refractivity contribution >= 4 is 38.7 Å². The highest BCUT2D eigenvalue weighted by atomic mass is 79.9. The molecule has 8 nitrogen and oxygen atoms in total. The molecular formula is C23H21BrN6O2. The minimum absolute atomic E-state index is 0.0517. The molecule has 4 aromatic rings. The maximum Gasteiger partial charge on any atom is 0.254 e. The van der Waals surface area contributed by atoms with Crippen LogP contribution in [0, 0.1) is 0 Å². The Bertz CT molecular complexity index is 1290. The number of aromatic nitrogens is 5. The molecule has 2 aromatic carbocycles. The molecule has 0 atom stereocenters. The summed E-state index contributed by atoms with van der Waals surface area (Å²) >= 11 is 3.44. The molecule has 9 heteroatoms. The number of nitrogens with one attached hydrogen (secondary N) is 2. The monoisotopic (exact) mass is 492 g/mol. The number of ketones is 1. The highest BCUT2D eigenvalue weighted by Crippen LogP contribution is 2.24. The van der Waals surface area contributed by atoms with Gasteiger partial charge in [0.25, 0.3) is 5.91 Å². The zero-order valence-corrected chi connectivity index (χ0v) is 18.9. The molecule has 32 heavy (non-hydrogen) atoms. The molecule has 3 heterocycles. The van der Waals surface area contributed by atoms with E-state index in [2.05, 4.69) is 53.7 Å². The topological polar surface area (TPSA) is 108 Å². The van der Waals surface area contributed by atoms with Crippen LogP contribution in [0.1, 0.15) is 50.5 Å². The van der Waals surface area contributed by atoms with Gasteiger partial charge in [0.1, 0.15) is 16.7 Å². The number of amides is 1. The van der Waals surface area contributed by atoms with Gasteiger partial charge in [0, 0.05) is 28.6 Å². The molecule has 0 spiro atoms. The Hall–Kier alpha value is -3.33. The van der Waals surface area contributed by atoms with Gasteiger partial charge in [0.2, 0.25) is 0 Å². The predicted octanol–water partition coefficient (Wildman–Crippen LogP) is 3.85. The summed E-state index contributed by atoms with van der Waals surface area (Å²) < 4.78 is 1.05. The van der Waals surface area contributed by atoms with E-state index in [1.807, 2.05) is 12.1 Å². The van der Waals surface area contributed by atoms with E-state index in [0.717, 1.165) is 34.1 Å². The van der Waals surface area contributed by atoms with E-state index < -0.39 is 0 Å². The number of Topliss-reactive ketones (excluding diaryl/α,β-unsaturated/α-hetero) is 1. The average molecular weight is 493 g/mol. The van der Waals surface area contributed by atoms with E-state index >= 15 is 0 Å². The average Bonchev–Trinajstić information content (AvgIpc) is 3.45. The molecule has 0 bridgehead atoms. The fourth-order valence-electron chi connectivity index (χ4n) is 4.10. The van der Waals surface area contributed by atoms with Crippen LogP contribution in [-0.4, -0.2) is 48.7 Å². The number of carbonyl (C=O) groups is 2. The summed E-state index contributed by atoms with van der Waals surface area (Å²) in [5.41, 5.74) is 5.46. The fraction of sp³-hybridized carbons (Fsp3) is 0.261. The Balaban J connectivity index is 1.22. The zero-order valence-electron chi connectivity index (χ0n) is 17.3. The van der Waals surface area contributed by atoms with Crippen LogP contribution in [0.2, 0.25) is 0 Å². The molecule has 2 aromatic heterocycles. The molecule has 0 radical (unpaired) electrons. The Labute approximate surface area is 192 Å². The first-order chi connectivity index (χ1) is 15.6. The van der Waals surface area contributed by atoms with Crippen molar-refractivity contribution in [3.05, 3.63) is 75.0 Å². The quantitative estimate of drug-likeness (QED) is 0.397. The summed E-state index contributed by atoms with van der Waals surface area (Å²) in [5, 5.41) is 17.9. The molecule has 0 aliphatic carbocycles. The van der Waals surface area contributed by atoms with Gasteiger partial charge in [-0.05, 0) is 55.2 Å². The predicted molar refractivity (Wildman–Crippen MR) is 122 cm³/mol. The van der Waals surface area contributed by atoms with E-state index in [-0.39, 0.29) is 11.7 Å². The third-order valence-corrected chi connectivity index (χ3v) is 6.36. The summed E-state index contributed by atoms with van der Waals surface area (Å²) in [5.74, 6) is -0.0200. The van der Waals surface area contributed by atoms with E-state index in [4.69, 9.17) is 0 Å². The van der Waals surface area contributed by atoms with Crippen molar-refractivity contribution in [2.24, 2.45) is 0 Å². The first kappa shape index (κ1) is 20.6. The van der Waals surface area contributed by atoms with Crippen molar-refractivity contribution in [3.63, 3.8) is 0 Å². The third-order valence-electron chi connectivity index (χ3n) is 5.83. The van der Waals surface area contributed by atoms with Gasteiger partial charge in [-0.25, -0.2) is 0 Å². The molecule has 162 valence electrons. The van der Waals surface area contributed by atoms with Gasteiger partial charge >= 0.3 is 0 Å². The number of benzene rings is 2. The first-order valence-corrected chi connectivity index (χ1v) is 11.3. The molecule has 0 fully saturated rings. The SMILES string of the molecule is O=C(CCCc1ccc(Br)cc1)c1n[nH]c2c1CCN(C(=O)c1ccc3n[nH]nc3c1)C2. The lowest BCUT2D eigenvalue weighted by Crippen LogP contribution is -2.36. The Morgan fingerprint density at radius 3 is 2.69 bits per heavy atom. The number of halogens is 1. The smallest absolute Gasteiger partial charge is 0.254 e. The Kier molecular flexibility index (Phi) is 5.57. The number of hydrogen-bond acceptors (Lipinski definition) is 5. The minimum Gasteiger partial charge on any atom is -0.332 e. The summed E-state index contributed by atoms with van der Waals surface area (Å²) in [6.45, 7) is 0.950. The number of aryl methyl sites for hydroxylation is 1. The van der Waals surface area contributed by atoms with E-state index in [1.165, 1.54) is 5.56 Å². The second-order valence-electron chi connectivity index (χ2n) is 7.94. The second kappa shape index (κ2) is 8.66. The normalized spacial score (nSPS) is 13.3. The van der Waals surface area contributed by atoms with Crippen molar-refractivity contribution in [3.8, 4) is 0 Å².